The molecule has 0 aliphatic rings. The third-order valence-corrected chi connectivity index (χ3v) is 3.61. The van der Waals surface area contributed by atoms with Crippen molar-refractivity contribution in [2.24, 2.45) is 0 Å². The molecule has 1 nitrogen and oxygen atoms in total. The summed E-state index contributed by atoms with van der Waals surface area (Å²) in [7, 11) is 0. The van der Waals surface area contributed by atoms with E-state index >= 15 is 0 Å². The molecule has 0 unspecified atom stereocenters. The molecule has 2 aromatic rings. The Kier molecular flexibility index (Phi) is 6.87. The summed E-state index contributed by atoms with van der Waals surface area (Å²) in [6.45, 7) is 4.65. The van der Waals surface area contributed by atoms with Gasteiger partial charge in [-0.05, 0) is 48.9 Å². The molecule has 21 heavy (non-hydrogen) atoms. The van der Waals surface area contributed by atoms with Gasteiger partial charge >= 0.3 is 0 Å². The van der Waals surface area contributed by atoms with Gasteiger partial charge in [0.15, 0.2) is 0 Å². The molecule has 0 fully saturated rings. The van der Waals surface area contributed by atoms with E-state index in [0.29, 0.717) is 0 Å². The normalized spacial score (nSPS) is 10.5. The van der Waals surface area contributed by atoms with E-state index in [4.69, 9.17) is 4.74 Å². The van der Waals surface area contributed by atoms with Gasteiger partial charge in [-0.15, -0.1) is 0 Å². The van der Waals surface area contributed by atoms with Crippen molar-refractivity contribution in [1.29, 1.82) is 0 Å². The Morgan fingerprint density at radius 3 is 2.10 bits per heavy atom. The topological polar surface area (TPSA) is 9.23 Å². The van der Waals surface area contributed by atoms with Crippen LogP contribution in [0.2, 0.25) is 0 Å². The molecule has 0 atom stereocenters. The maximum Gasteiger partial charge on any atom is 0.119 e. The van der Waals surface area contributed by atoms with E-state index in [1.165, 1.54) is 24.0 Å². The van der Waals surface area contributed by atoms with E-state index in [1.54, 1.807) is 0 Å². The highest BCUT2D eigenvalue weighted by Crippen LogP contribution is 2.15. The van der Waals surface area contributed by atoms with Gasteiger partial charge in [-0.1, -0.05) is 62.2 Å². The fourth-order valence-corrected chi connectivity index (χ4v) is 2.37. The number of rotatable bonds is 9. The molecule has 0 amide bonds. The number of aryl methyl sites for hydroxylation is 2. The van der Waals surface area contributed by atoms with Gasteiger partial charge in [0.25, 0.3) is 0 Å². The fraction of sp³-hybridized carbons (Fsp3) is 0.350. The highest BCUT2D eigenvalue weighted by molar-refractivity contribution is 5.27. The lowest BCUT2D eigenvalue weighted by Gasteiger charge is -2.07. The maximum absolute atomic E-state index is 5.80. The van der Waals surface area contributed by atoms with E-state index in [1.807, 2.05) is 0 Å². The van der Waals surface area contributed by atoms with Crippen molar-refractivity contribution in [3.63, 3.8) is 0 Å². The average Bonchev–Trinajstić information content (AvgIpc) is 2.54. The second kappa shape index (κ2) is 9.23. The largest absolute Gasteiger partial charge is 0.494 e. The molecule has 1 heteroatoms. The minimum atomic E-state index is 0.774. The van der Waals surface area contributed by atoms with E-state index in [0.717, 1.165) is 38.0 Å². The lowest BCUT2D eigenvalue weighted by atomic mass is 10.1. The summed E-state index contributed by atoms with van der Waals surface area (Å²) in [5.74, 6) is 0.976. The third kappa shape index (κ3) is 6.03. The van der Waals surface area contributed by atoms with Crippen molar-refractivity contribution in [1.82, 2.24) is 0 Å². The maximum atomic E-state index is 5.80. The summed E-state index contributed by atoms with van der Waals surface area (Å²) in [5, 5.41) is 0. The molecule has 0 aromatic heterocycles. The third-order valence-electron chi connectivity index (χ3n) is 3.61. The van der Waals surface area contributed by atoms with Crippen LogP contribution >= 0.6 is 0 Å². The highest BCUT2D eigenvalue weighted by atomic mass is 16.5. The van der Waals surface area contributed by atoms with Gasteiger partial charge in [-0.2, -0.15) is 0 Å². The van der Waals surface area contributed by atoms with Gasteiger partial charge in [-0.25, -0.2) is 0 Å². The molecule has 2 aromatic carbocycles. The predicted octanol–water partition coefficient (Wildman–Crippen LogP) is 5.25. The standard InChI is InChI=1S/C20H25O/c1-2-3-5-9-19-13-15-20(16-14-19)21-17-8-12-18-10-6-4-7-11-18/h4,6-7,10-11,13-16H,1-3,5,8-9,12,17H2. The van der Waals surface area contributed by atoms with Gasteiger partial charge < -0.3 is 4.74 Å². The summed E-state index contributed by atoms with van der Waals surface area (Å²) < 4.78 is 5.80. The van der Waals surface area contributed by atoms with Gasteiger partial charge in [0.1, 0.15) is 5.75 Å². The van der Waals surface area contributed by atoms with Crippen LogP contribution in [-0.4, -0.2) is 6.61 Å². The van der Waals surface area contributed by atoms with E-state index in [-0.39, 0.29) is 0 Å². The monoisotopic (exact) mass is 281 g/mol. The highest BCUT2D eigenvalue weighted by Gasteiger charge is 1.97. The number of hydrogen-bond donors (Lipinski definition) is 0. The second-order valence-corrected chi connectivity index (χ2v) is 5.39. The first-order chi connectivity index (χ1) is 10.4. The van der Waals surface area contributed by atoms with Gasteiger partial charge in [0.2, 0.25) is 0 Å². The zero-order valence-electron chi connectivity index (χ0n) is 12.8. The van der Waals surface area contributed by atoms with Crippen molar-refractivity contribution >= 4 is 0 Å². The Morgan fingerprint density at radius 1 is 0.714 bits per heavy atom. The van der Waals surface area contributed by atoms with Gasteiger partial charge in [0.05, 0.1) is 6.61 Å². The molecule has 0 bridgehead atoms. The molecule has 0 heterocycles. The molecule has 2 rings (SSSR count). The van der Waals surface area contributed by atoms with Gasteiger partial charge in [0, 0.05) is 0 Å². The van der Waals surface area contributed by atoms with Crippen LogP contribution in [0.4, 0.5) is 0 Å². The van der Waals surface area contributed by atoms with E-state index in [9.17, 15) is 0 Å². The molecular weight excluding hydrogens is 256 g/mol. The first-order valence-electron chi connectivity index (χ1n) is 7.93. The van der Waals surface area contributed by atoms with Crippen LogP contribution in [0.5, 0.6) is 5.75 Å². The zero-order chi connectivity index (χ0) is 14.8. The van der Waals surface area contributed by atoms with Crippen molar-refractivity contribution in [2.45, 2.75) is 38.5 Å². The molecule has 111 valence electrons. The molecule has 0 spiro atoms. The Hall–Kier alpha value is -1.76. The van der Waals surface area contributed by atoms with E-state index < -0.39 is 0 Å². The summed E-state index contributed by atoms with van der Waals surface area (Å²) in [5.41, 5.74) is 2.77. The number of unbranched alkanes of at least 4 members (excludes halogenated alkanes) is 2. The minimum Gasteiger partial charge on any atom is -0.494 e. The number of ether oxygens (including phenoxy) is 1. The van der Waals surface area contributed by atoms with Crippen molar-refractivity contribution in [3.05, 3.63) is 72.6 Å². The Labute approximate surface area is 129 Å². The summed E-state index contributed by atoms with van der Waals surface area (Å²) >= 11 is 0. The molecule has 0 aliphatic carbocycles. The van der Waals surface area contributed by atoms with E-state index in [2.05, 4.69) is 61.5 Å². The van der Waals surface area contributed by atoms with Crippen LogP contribution in [0, 0.1) is 6.92 Å². The second-order valence-electron chi connectivity index (χ2n) is 5.39. The predicted molar refractivity (Wildman–Crippen MR) is 89.6 cm³/mol. The Morgan fingerprint density at radius 2 is 1.38 bits per heavy atom. The van der Waals surface area contributed by atoms with Crippen LogP contribution in [0.1, 0.15) is 36.8 Å². The van der Waals surface area contributed by atoms with Crippen LogP contribution in [-0.2, 0) is 12.8 Å². The van der Waals surface area contributed by atoms with Crippen molar-refractivity contribution in [3.8, 4) is 5.75 Å². The minimum absolute atomic E-state index is 0.774. The van der Waals surface area contributed by atoms with Crippen LogP contribution in [0.3, 0.4) is 0 Å². The van der Waals surface area contributed by atoms with Crippen LogP contribution in [0.15, 0.2) is 54.6 Å². The molecule has 0 aliphatic heterocycles. The summed E-state index contributed by atoms with van der Waals surface area (Å²) in [4.78, 5) is 0. The Balaban J connectivity index is 1.66. The lowest BCUT2D eigenvalue weighted by molar-refractivity contribution is 0.311. The molecule has 0 saturated heterocycles. The summed E-state index contributed by atoms with van der Waals surface area (Å²) in [6, 6.07) is 19.1. The SMILES string of the molecule is [CH2]CCCCc1ccc(OCCCc2ccccc2)cc1. The van der Waals surface area contributed by atoms with Crippen LogP contribution < -0.4 is 4.74 Å². The number of benzene rings is 2. The molecular formula is C20H25O. The average molecular weight is 281 g/mol. The fourth-order valence-electron chi connectivity index (χ4n) is 2.37. The lowest BCUT2D eigenvalue weighted by Crippen LogP contribution is -1.99. The van der Waals surface area contributed by atoms with Crippen molar-refractivity contribution < 1.29 is 4.74 Å². The first kappa shape index (κ1) is 15.6. The Bertz CT molecular complexity index is 487. The first-order valence-corrected chi connectivity index (χ1v) is 7.93. The summed E-state index contributed by atoms with van der Waals surface area (Å²) in [6.07, 6.45) is 6.73. The van der Waals surface area contributed by atoms with Crippen molar-refractivity contribution in [2.75, 3.05) is 6.61 Å². The smallest absolute Gasteiger partial charge is 0.119 e. The number of hydrogen-bond acceptors (Lipinski definition) is 1. The van der Waals surface area contributed by atoms with Gasteiger partial charge in [-0.3, -0.25) is 0 Å². The quantitative estimate of drug-likeness (QED) is 0.571. The zero-order valence-corrected chi connectivity index (χ0v) is 12.8. The molecule has 0 saturated carbocycles. The molecule has 0 N–H and O–H groups in total. The van der Waals surface area contributed by atoms with Crippen LogP contribution in [0.25, 0.3) is 0 Å². The molecule has 1 radical (unpaired) electrons.